The van der Waals surface area contributed by atoms with Crippen LogP contribution in [0.1, 0.15) is 10.4 Å². The maximum absolute atomic E-state index is 13.1. The first-order valence-electron chi connectivity index (χ1n) is 13.1. The van der Waals surface area contributed by atoms with E-state index in [0.29, 0.717) is 65.7 Å². The maximum Gasteiger partial charge on any atom is 0.229 e. The number of ether oxygens (including phenoxy) is 1. The molecule has 2 saturated heterocycles. The van der Waals surface area contributed by atoms with E-state index >= 15 is 0 Å². The van der Waals surface area contributed by atoms with Gasteiger partial charge >= 0.3 is 0 Å². The molecule has 0 bridgehead atoms. The lowest BCUT2D eigenvalue weighted by Crippen LogP contribution is -2.41. The number of hydrogen-bond donors (Lipinski definition) is 1. The summed E-state index contributed by atoms with van der Waals surface area (Å²) in [6.07, 6.45) is 8.67. The number of carbonyl (C=O) groups is 1. The average molecular weight is 525 g/mol. The number of hydrogen-bond acceptors (Lipinski definition) is 10. The number of anilines is 1. The van der Waals surface area contributed by atoms with E-state index in [-0.39, 0.29) is 5.78 Å². The van der Waals surface area contributed by atoms with Crippen LogP contribution in [-0.2, 0) is 4.74 Å². The molecule has 0 aromatic carbocycles. The number of furan rings is 1. The van der Waals surface area contributed by atoms with E-state index in [4.69, 9.17) is 19.1 Å². The molecule has 2 aliphatic heterocycles. The van der Waals surface area contributed by atoms with Gasteiger partial charge in [-0.2, -0.15) is 0 Å². The van der Waals surface area contributed by atoms with Crippen LogP contribution in [0, 0.1) is 0 Å². The molecule has 2 fully saturated rings. The van der Waals surface area contributed by atoms with Crippen molar-refractivity contribution in [3.63, 3.8) is 0 Å². The summed E-state index contributed by atoms with van der Waals surface area (Å²) in [4.78, 5) is 41.7. The lowest BCUT2D eigenvalue weighted by atomic mass is 10.1. The predicted octanol–water partition coefficient (Wildman–Crippen LogP) is 3.09. The number of rotatable bonds is 5. The highest BCUT2D eigenvalue weighted by molar-refractivity contribution is 6.10. The van der Waals surface area contributed by atoms with Crippen molar-refractivity contribution >= 4 is 44.8 Å². The molecule has 7 heterocycles. The Morgan fingerprint density at radius 1 is 1.03 bits per heavy atom. The van der Waals surface area contributed by atoms with Crippen molar-refractivity contribution in [2.24, 2.45) is 0 Å². The second-order valence-electron chi connectivity index (χ2n) is 9.94. The second kappa shape index (κ2) is 9.75. The predicted molar refractivity (Wildman–Crippen MR) is 148 cm³/mol. The van der Waals surface area contributed by atoms with Gasteiger partial charge in [0.1, 0.15) is 11.2 Å². The second-order valence-corrected chi connectivity index (χ2v) is 9.94. The maximum atomic E-state index is 13.1. The average Bonchev–Trinajstić information content (AvgIpc) is 3.61. The molecular formula is C28H28N8O3. The molecule has 0 saturated carbocycles. The van der Waals surface area contributed by atoms with E-state index < -0.39 is 0 Å². The summed E-state index contributed by atoms with van der Waals surface area (Å²) in [7, 11) is 2.11. The molecule has 0 unspecified atom stereocenters. The number of likely N-dealkylation sites (N-methyl/N-ethyl adjacent to an activating group) is 1. The highest BCUT2D eigenvalue weighted by Crippen LogP contribution is 2.36. The number of ketones is 1. The van der Waals surface area contributed by atoms with Crippen molar-refractivity contribution in [1.29, 1.82) is 0 Å². The van der Waals surface area contributed by atoms with Crippen LogP contribution in [0.15, 0.2) is 53.5 Å². The van der Waals surface area contributed by atoms with Crippen LogP contribution in [-0.4, -0.2) is 100 Å². The molecule has 198 valence electrons. The third-order valence-corrected chi connectivity index (χ3v) is 7.42. The third kappa shape index (κ3) is 4.39. The van der Waals surface area contributed by atoms with Gasteiger partial charge in [0, 0.05) is 86.6 Å². The minimum absolute atomic E-state index is 0.108. The summed E-state index contributed by atoms with van der Waals surface area (Å²) in [6, 6.07) is 5.71. The van der Waals surface area contributed by atoms with E-state index in [1.807, 2.05) is 30.6 Å². The Hall–Kier alpha value is -4.35. The zero-order valence-electron chi connectivity index (χ0n) is 21.6. The molecule has 39 heavy (non-hydrogen) atoms. The number of morpholine rings is 1. The SMILES string of the molecule is CN1CCN(C=CC(=O)c2cnc3oc4c(N5CCOCC5)nc(-c5ccnc6[nH]ccc56)nc4c3c2)CC1. The summed E-state index contributed by atoms with van der Waals surface area (Å²) in [5.74, 6) is 1.15. The fraction of sp³-hybridized carbons (Fsp3) is 0.321. The van der Waals surface area contributed by atoms with Gasteiger partial charge in [0.2, 0.25) is 5.71 Å². The van der Waals surface area contributed by atoms with Crippen LogP contribution in [0.3, 0.4) is 0 Å². The van der Waals surface area contributed by atoms with Gasteiger partial charge in [-0.25, -0.2) is 19.9 Å². The number of pyridine rings is 2. The van der Waals surface area contributed by atoms with Gasteiger partial charge in [-0.3, -0.25) is 4.79 Å². The van der Waals surface area contributed by atoms with Gasteiger partial charge in [-0.15, -0.1) is 0 Å². The number of allylic oxidation sites excluding steroid dienone is 1. The molecule has 0 amide bonds. The van der Waals surface area contributed by atoms with E-state index in [2.05, 4.69) is 36.7 Å². The van der Waals surface area contributed by atoms with Gasteiger partial charge in [0.05, 0.1) is 18.6 Å². The van der Waals surface area contributed by atoms with Gasteiger partial charge in [0.15, 0.2) is 23.0 Å². The van der Waals surface area contributed by atoms with E-state index in [0.717, 1.165) is 42.8 Å². The zero-order valence-corrected chi connectivity index (χ0v) is 21.6. The molecule has 0 spiro atoms. The molecule has 11 nitrogen and oxygen atoms in total. The fourth-order valence-corrected chi connectivity index (χ4v) is 5.16. The number of aromatic amines is 1. The molecule has 7 rings (SSSR count). The van der Waals surface area contributed by atoms with E-state index in [9.17, 15) is 4.79 Å². The van der Waals surface area contributed by atoms with E-state index in [1.165, 1.54) is 0 Å². The Kier molecular flexibility index (Phi) is 5.94. The minimum Gasteiger partial charge on any atom is -0.432 e. The smallest absolute Gasteiger partial charge is 0.229 e. The van der Waals surface area contributed by atoms with Crippen LogP contribution in [0.2, 0.25) is 0 Å². The first-order chi connectivity index (χ1) is 19.1. The van der Waals surface area contributed by atoms with Gasteiger partial charge < -0.3 is 28.8 Å². The Labute approximate surface area is 224 Å². The molecular weight excluding hydrogens is 496 g/mol. The first kappa shape index (κ1) is 23.7. The Balaban J connectivity index is 1.33. The first-order valence-corrected chi connectivity index (χ1v) is 13.1. The normalized spacial score (nSPS) is 17.3. The van der Waals surface area contributed by atoms with Crippen molar-refractivity contribution in [3.8, 4) is 11.4 Å². The van der Waals surface area contributed by atoms with Crippen molar-refractivity contribution < 1.29 is 13.9 Å². The number of nitrogens with one attached hydrogen (secondary N) is 1. The molecule has 0 atom stereocenters. The third-order valence-electron chi connectivity index (χ3n) is 7.42. The molecule has 2 aliphatic rings. The highest BCUT2D eigenvalue weighted by Gasteiger charge is 2.24. The summed E-state index contributed by atoms with van der Waals surface area (Å²) < 4.78 is 11.8. The quantitative estimate of drug-likeness (QED) is 0.272. The Bertz CT molecular complexity index is 1710. The fourth-order valence-electron chi connectivity index (χ4n) is 5.16. The standard InChI is InChI=1S/C28H28N8O3/c1-34-8-10-35(11-9-34)7-4-22(37)18-16-21-23-24(39-28(21)31-17-18)27(36-12-14-38-15-13-36)33-26(32-23)20-3-6-30-25-19(20)2-5-29-25/h2-7,16-17H,8-15H2,1H3,(H,29,30). The van der Waals surface area contributed by atoms with Crippen LogP contribution in [0.25, 0.3) is 44.6 Å². The summed E-state index contributed by atoms with van der Waals surface area (Å²) in [6.45, 7) is 6.35. The summed E-state index contributed by atoms with van der Waals surface area (Å²) in [5, 5.41) is 1.61. The van der Waals surface area contributed by atoms with Crippen LogP contribution < -0.4 is 4.90 Å². The lowest BCUT2D eigenvalue weighted by Gasteiger charge is -2.31. The monoisotopic (exact) mass is 524 g/mol. The van der Waals surface area contributed by atoms with Gasteiger partial charge in [0.25, 0.3) is 0 Å². The van der Waals surface area contributed by atoms with E-state index in [1.54, 1.807) is 18.5 Å². The number of H-pyrrole nitrogens is 1. The molecule has 1 N–H and O–H groups in total. The van der Waals surface area contributed by atoms with Crippen molar-refractivity contribution in [2.75, 3.05) is 64.4 Å². The lowest BCUT2D eigenvalue weighted by molar-refractivity contribution is 0.104. The molecule has 0 radical (unpaired) electrons. The number of nitrogens with zero attached hydrogens (tertiary/aromatic N) is 7. The highest BCUT2D eigenvalue weighted by atomic mass is 16.5. The van der Waals surface area contributed by atoms with Gasteiger partial charge in [-0.1, -0.05) is 0 Å². The van der Waals surface area contributed by atoms with Crippen molar-refractivity contribution in [1.82, 2.24) is 34.7 Å². The molecule has 0 aliphatic carbocycles. The number of fused-ring (bicyclic) bond motifs is 4. The minimum atomic E-state index is -0.108. The summed E-state index contributed by atoms with van der Waals surface area (Å²) in [5.41, 5.74) is 3.72. The van der Waals surface area contributed by atoms with Crippen LogP contribution >= 0.6 is 0 Å². The number of piperazine rings is 1. The Morgan fingerprint density at radius 2 is 1.87 bits per heavy atom. The molecule has 5 aromatic rings. The van der Waals surface area contributed by atoms with Crippen molar-refractivity contribution in [3.05, 3.63) is 54.6 Å². The van der Waals surface area contributed by atoms with Gasteiger partial charge in [-0.05, 0) is 25.2 Å². The van der Waals surface area contributed by atoms with Crippen LogP contribution in [0.5, 0.6) is 0 Å². The topological polar surface area (TPSA) is 117 Å². The largest absolute Gasteiger partial charge is 0.432 e. The van der Waals surface area contributed by atoms with Crippen LogP contribution in [0.4, 0.5) is 5.82 Å². The molecule has 11 heteroatoms. The zero-order chi connectivity index (χ0) is 26.3. The summed E-state index contributed by atoms with van der Waals surface area (Å²) >= 11 is 0. The van der Waals surface area contributed by atoms with Crippen molar-refractivity contribution in [2.45, 2.75) is 0 Å². The Morgan fingerprint density at radius 3 is 2.72 bits per heavy atom. The number of aromatic nitrogens is 5. The number of carbonyl (C=O) groups excluding carboxylic acids is 1. The molecule has 5 aromatic heterocycles.